The van der Waals surface area contributed by atoms with Gasteiger partial charge in [-0.15, -0.1) is 0 Å². The standard InChI is InChI=1S/C15H28O3/c1-3-5-7-9-11-14(16)12-13(15(17)18)10-8-6-4-2/h13H,3-12H2,1-2H3,(H,17,18). The second-order valence-corrected chi connectivity index (χ2v) is 5.08. The number of carboxylic acids is 1. The maximum Gasteiger partial charge on any atom is 0.306 e. The predicted molar refractivity (Wildman–Crippen MR) is 73.7 cm³/mol. The lowest BCUT2D eigenvalue weighted by molar-refractivity contribution is -0.144. The largest absolute Gasteiger partial charge is 0.481 e. The molecule has 0 fully saturated rings. The third-order valence-corrected chi connectivity index (χ3v) is 3.29. The summed E-state index contributed by atoms with van der Waals surface area (Å²) in [5.41, 5.74) is 0. The zero-order chi connectivity index (χ0) is 13.8. The van der Waals surface area contributed by atoms with Crippen LogP contribution in [0.1, 0.15) is 78.1 Å². The molecule has 0 saturated carbocycles. The van der Waals surface area contributed by atoms with Crippen LogP contribution in [0.4, 0.5) is 0 Å². The van der Waals surface area contributed by atoms with Gasteiger partial charge >= 0.3 is 5.97 Å². The van der Waals surface area contributed by atoms with E-state index in [1.54, 1.807) is 0 Å². The number of unbranched alkanes of at least 4 members (excludes halogenated alkanes) is 5. The third-order valence-electron chi connectivity index (χ3n) is 3.29. The summed E-state index contributed by atoms with van der Waals surface area (Å²) in [5, 5.41) is 9.08. The van der Waals surface area contributed by atoms with Crippen LogP contribution in [0.5, 0.6) is 0 Å². The van der Waals surface area contributed by atoms with E-state index in [1.807, 2.05) is 0 Å². The van der Waals surface area contributed by atoms with Crippen LogP contribution in [0.2, 0.25) is 0 Å². The molecule has 0 saturated heterocycles. The average Bonchev–Trinajstić information content (AvgIpc) is 2.33. The highest BCUT2D eigenvalue weighted by molar-refractivity contribution is 5.83. The van der Waals surface area contributed by atoms with Crippen LogP contribution < -0.4 is 0 Å². The quantitative estimate of drug-likeness (QED) is 0.532. The molecule has 0 radical (unpaired) electrons. The Morgan fingerprint density at radius 3 is 2.11 bits per heavy atom. The van der Waals surface area contributed by atoms with Crippen molar-refractivity contribution in [3.8, 4) is 0 Å². The molecule has 0 rings (SSSR count). The Kier molecular flexibility index (Phi) is 10.7. The highest BCUT2D eigenvalue weighted by atomic mass is 16.4. The van der Waals surface area contributed by atoms with E-state index in [9.17, 15) is 9.59 Å². The summed E-state index contributed by atoms with van der Waals surface area (Å²) < 4.78 is 0. The molecule has 0 aliphatic rings. The van der Waals surface area contributed by atoms with Crippen molar-refractivity contribution in [1.29, 1.82) is 0 Å². The minimum Gasteiger partial charge on any atom is -0.481 e. The second kappa shape index (κ2) is 11.2. The van der Waals surface area contributed by atoms with Crippen LogP contribution in [0.15, 0.2) is 0 Å². The van der Waals surface area contributed by atoms with Crippen molar-refractivity contribution < 1.29 is 14.7 Å². The van der Waals surface area contributed by atoms with E-state index < -0.39 is 11.9 Å². The average molecular weight is 256 g/mol. The van der Waals surface area contributed by atoms with Gasteiger partial charge in [0.25, 0.3) is 0 Å². The van der Waals surface area contributed by atoms with E-state index in [4.69, 9.17) is 5.11 Å². The van der Waals surface area contributed by atoms with Crippen molar-refractivity contribution in [2.24, 2.45) is 5.92 Å². The van der Waals surface area contributed by atoms with Crippen molar-refractivity contribution >= 4 is 11.8 Å². The molecule has 1 atom stereocenters. The van der Waals surface area contributed by atoms with Gasteiger partial charge in [0.15, 0.2) is 0 Å². The first-order valence-electron chi connectivity index (χ1n) is 7.36. The topological polar surface area (TPSA) is 54.4 Å². The van der Waals surface area contributed by atoms with E-state index in [2.05, 4.69) is 13.8 Å². The monoisotopic (exact) mass is 256 g/mol. The molecule has 0 aromatic carbocycles. The Balaban J connectivity index is 3.85. The van der Waals surface area contributed by atoms with Gasteiger partial charge in [0, 0.05) is 12.8 Å². The Morgan fingerprint density at radius 1 is 0.944 bits per heavy atom. The zero-order valence-corrected chi connectivity index (χ0v) is 11.9. The third kappa shape index (κ3) is 9.20. The molecule has 0 spiro atoms. The summed E-state index contributed by atoms with van der Waals surface area (Å²) in [6.45, 7) is 4.23. The van der Waals surface area contributed by atoms with E-state index in [1.165, 1.54) is 0 Å². The van der Waals surface area contributed by atoms with Crippen LogP contribution in [-0.2, 0) is 9.59 Å². The lowest BCUT2D eigenvalue weighted by Gasteiger charge is -2.11. The molecule has 0 aromatic heterocycles. The summed E-state index contributed by atoms with van der Waals surface area (Å²) in [6, 6.07) is 0. The number of hydrogen-bond acceptors (Lipinski definition) is 2. The fourth-order valence-corrected chi connectivity index (χ4v) is 2.08. The number of carbonyl (C=O) groups excluding carboxylic acids is 1. The highest BCUT2D eigenvalue weighted by Crippen LogP contribution is 2.16. The van der Waals surface area contributed by atoms with Crippen LogP contribution in [-0.4, -0.2) is 16.9 Å². The number of Topliss-reactive ketones (excluding diaryl/α,β-unsaturated/α-hetero) is 1. The molecule has 3 nitrogen and oxygen atoms in total. The molecule has 3 heteroatoms. The number of carbonyl (C=O) groups is 2. The number of hydrogen-bond donors (Lipinski definition) is 1. The Labute approximate surface area is 111 Å². The summed E-state index contributed by atoms with van der Waals surface area (Å²) in [7, 11) is 0. The zero-order valence-electron chi connectivity index (χ0n) is 11.9. The minimum absolute atomic E-state index is 0.120. The van der Waals surface area contributed by atoms with Crippen molar-refractivity contribution in [1.82, 2.24) is 0 Å². The van der Waals surface area contributed by atoms with E-state index in [0.29, 0.717) is 12.8 Å². The molecule has 0 aromatic rings. The van der Waals surface area contributed by atoms with Gasteiger partial charge < -0.3 is 5.11 Å². The Bertz CT molecular complexity index is 236. The fourth-order valence-electron chi connectivity index (χ4n) is 2.08. The van der Waals surface area contributed by atoms with Crippen LogP contribution in [0, 0.1) is 5.92 Å². The normalized spacial score (nSPS) is 12.3. The van der Waals surface area contributed by atoms with E-state index >= 15 is 0 Å². The first-order chi connectivity index (χ1) is 8.61. The molecule has 0 bridgehead atoms. The molecular formula is C15H28O3. The fraction of sp³-hybridized carbons (Fsp3) is 0.867. The molecule has 0 aliphatic heterocycles. The summed E-state index contributed by atoms with van der Waals surface area (Å²) in [6.07, 6.45) is 8.77. The lowest BCUT2D eigenvalue weighted by atomic mass is 9.94. The number of carboxylic acid groups (broad SMARTS) is 1. The number of rotatable bonds is 12. The van der Waals surface area contributed by atoms with Gasteiger partial charge in [-0.2, -0.15) is 0 Å². The van der Waals surface area contributed by atoms with Crippen molar-refractivity contribution in [2.75, 3.05) is 0 Å². The maximum atomic E-state index is 11.7. The van der Waals surface area contributed by atoms with Gasteiger partial charge in [0.05, 0.1) is 5.92 Å². The lowest BCUT2D eigenvalue weighted by Crippen LogP contribution is -2.18. The van der Waals surface area contributed by atoms with Gasteiger partial charge in [-0.1, -0.05) is 52.4 Å². The van der Waals surface area contributed by atoms with Crippen LogP contribution in [0.25, 0.3) is 0 Å². The summed E-state index contributed by atoms with van der Waals surface area (Å²) in [4.78, 5) is 22.7. The molecule has 0 heterocycles. The van der Waals surface area contributed by atoms with Gasteiger partial charge in [-0.05, 0) is 12.8 Å². The van der Waals surface area contributed by atoms with Gasteiger partial charge in [-0.25, -0.2) is 0 Å². The maximum absolute atomic E-state index is 11.7. The molecule has 1 N–H and O–H groups in total. The number of ketones is 1. The molecule has 106 valence electrons. The molecule has 18 heavy (non-hydrogen) atoms. The molecule has 1 unspecified atom stereocenters. The number of aliphatic carboxylic acids is 1. The van der Waals surface area contributed by atoms with E-state index in [-0.39, 0.29) is 12.2 Å². The van der Waals surface area contributed by atoms with Gasteiger partial charge in [0.2, 0.25) is 0 Å². The SMILES string of the molecule is CCCCCCC(=O)CC(CCCCC)C(=O)O. The second-order valence-electron chi connectivity index (χ2n) is 5.08. The first-order valence-corrected chi connectivity index (χ1v) is 7.36. The van der Waals surface area contributed by atoms with Gasteiger partial charge in [-0.3, -0.25) is 9.59 Å². The first kappa shape index (κ1) is 17.1. The van der Waals surface area contributed by atoms with E-state index in [0.717, 1.165) is 44.9 Å². The highest BCUT2D eigenvalue weighted by Gasteiger charge is 2.20. The molecular weight excluding hydrogens is 228 g/mol. The van der Waals surface area contributed by atoms with Crippen LogP contribution >= 0.6 is 0 Å². The Morgan fingerprint density at radius 2 is 1.56 bits per heavy atom. The van der Waals surface area contributed by atoms with Crippen molar-refractivity contribution in [3.05, 3.63) is 0 Å². The summed E-state index contributed by atoms with van der Waals surface area (Å²) >= 11 is 0. The molecule has 0 amide bonds. The van der Waals surface area contributed by atoms with Crippen LogP contribution in [0.3, 0.4) is 0 Å². The molecule has 0 aliphatic carbocycles. The smallest absolute Gasteiger partial charge is 0.306 e. The predicted octanol–water partition coefficient (Wildman–Crippen LogP) is 4.20. The minimum atomic E-state index is -0.812. The van der Waals surface area contributed by atoms with Crippen molar-refractivity contribution in [3.63, 3.8) is 0 Å². The van der Waals surface area contributed by atoms with Gasteiger partial charge in [0.1, 0.15) is 5.78 Å². The summed E-state index contributed by atoms with van der Waals surface area (Å²) in [5.74, 6) is -1.15. The Hall–Kier alpha value is -0.860. The van der Waals surface area contributed by atoms with Crippen molar-refractivity contribution in [2.45, 2.75) is 78.1 Å².